The van der Waals surface area contributed by atoms with Gasteiger partial charge in [-0.05, 0) is 31.5 Å². The molecule has 9 nitrogen and oxygen atoms in total. The quantitative estimate of drug-likeness (QED) is 0.338. The lowest BCUT2D eigenvalue weighted by molar-refractivity contribution is -0.384. The molecule has 2 aromatic heterocycles. The predicted octanol–water partition coefficient (Wildman–Crippen LogP) is 3.26. The van der Waals surface area contributed by atoms with E-state index in [9.17, 15) is 14.9 Å². The summed E-state index contributed by atoms with van der Waals surface area (Å²) in [6.45, 7) is 7.16. The fourth-order valence-electron chi connectivity index (χ4n) is 3.74. The smallest absolute Gasteiger partial charge is 0.313 e. The molecular formula is C21H23N5O4S. The first-order valence-electron chi connectivity index (χ1n) is 9.95. The molecule has 31 heavy (non-hydrogen) atoms. The Bertz CT molecular complexity index is 1140. The van der Waals surface area contributed by atoms with Crippen LogP contribution in [0.5, 0.6) is 0 Å². The Labute approximate surface area is 183 Å². The molecule has 4 rings (SSSR count). The molecule has 1 aliphatic rings. The molecule has 3 aromatic rings. The topological polar surface area (TPSA) is 102 Å². The average molecular weight is 442 g/mol. The van der Waals surface area contributed by atoms with Crippen LogP contribution in [-0.4, -0.2) is 54.1 Å². The summed E-state index contributed by atoms with van der Waals surface area (Å²) in [7, 11) is 1.36. The zero-order chi connectivity index (χ0) is 22.1. The standard InChI is InChI=1S/C21H23N5O4S/c1-13-14(2)31-21-19(13)20(22-17(23-21)12-18(27)30-3)25-10-8-24(9-11-25)15-4-6-16(7-5-15)26(28)29/h4-7H,8-12H2,1-3H3. The third-order valence-electron chi connectivity index (χ3n) is 5.59. The second-order valence-corrected chi connectivity index (χ2v) is 8.63. The first-order chi connectivity index (χ1) is 14.9. The number of carbonyl (C=O) groups excluding carboxylic acids is 1. The summed E-state index contributed by atoms with van der Waals surface area (Å²) >= 11 is 1.61. The number of methoxy groups -OCH3 is 1. The van der Waals surface area contributed by atoms with Crippen molar-refractivity contribution in [1.29, 1.82) is 0 Å². The van der Waals surface area contributed by atoms with Crippen molar-refractivity contribution in [3.63, 3.8) is 0 Å². The van der Waals surface area contributed by atoms with Crippen molar-refractivity contribution in [3.05, 3.63) is 50.6 Å². The summed E-state index contributed by atoms with van der Waals surface area (Å²) in [5, 5.41) is 11.9. The van der Waals surface area contributed by atoms with Crippen LogP contribution in [0.2, 0.25) is 0 Å². The number of aromatic nitrogens is 2. The molecule has 0 spiro atoms. The number of nitro groups is 1. The van der Waals surface area contributed by atoms with E-state index in [1.165, 1.54) is 24.1 Å². The number of piperazine rings is 1. The molecule has 0 amide bonds. The number of non-ortho nitro benzene ring substituents is 1. The van der Waals surface area contributed by atoms with Crippen LogP contribution in [0, 0.1) is 24.0 Å². The maximum atomic E-state index is 11.8. The number of benzene rings is 1. The summed E-state index contributed by atoms with van der Waals surface area (Å²) in [6, 6.07) is 6.65. The number of anilines is 2. The lowest BCUT2D eigenvalue weighted by Gasteiger charge is -2.37. The number of aryl methyl sites for hydroxylation is 2. The Morgan fingerprint density at radius 1 is 1.13 bits per heavy atom. The Morgan fingerprint density at radius 3 is 2.39 bits per heavy atom. The zero-order valence-electron chi connectivity index (χ0n) is 17.6. The van der Waals surface area contributed by atoms with Gasteiger partial charge in [0.05, 0.1) is 17.4 Å². The Morgan fingerprint density at radius 2 is 1.77 bits per heavy atom. The number of fused-ring (bicyclic) bond motifs is 1. The molecule has 0 bridgehead atoms. The molecule has 0 atom stereocenters. The van der Waals surface area contributed by atoms with Crippen LogP contribution in [0.4, 0.5) is 17.2 Å². The highest BCUT2D eigenvalue weighted by atomic mass is 32.1. The van der Waals surface area contributed by atoms with Crippen LogP contribution in [0.3, 0.4) is 0 Å². The van der Waals surface area contributed by atoms with Crippen LogP contribution >= 0.6 is 11.3 Å². The van der Waals surface area contributed by atoms with Crippen molar-refractivity contribution < 1.29 is 14.5 Å². The molecule has 3 heterocycles. The molecular weight excluding hydrogens is 418 g/mol. The highest BCUT2D eigenvalue weighted by Gasteiger charge is 2.24. The fraction of sp³-hybridized carbons (Fsp3) is 0.381. The molecule has 0 N–H and O–H groups in total. The van der Waals surface area contributed by atoms with Gasteiger partial charge in [0.15, 0.2) is 0 Å². The molecule has 0 unspecified atom stereocenters. The second-order valence-electron chi connectivity index (χ2n) is 7.43. The Balaban J connectivity index is 1.59. The first kappa shape index (κ1) is 21.0. The largest absolute Gasteiger partial charge is 0.469 e. The Kier molecular flexibility index (Phi) is 5.73. The third-order valence-corrected chi connectivity index (χ3v) is 6.69. The summed E-state index contributed by atoms with van der Waals surface area (Å²) < 4.78 is 4.79. The molecule has 1 fully saturated rings. The normalized spacial score (nSPS) is 14.2. The van der Waals surface area contributed by atoms with Crippen molar-refractivity contribution in [3.8, 4) is 0 Å². The molecule has 1 saturated heterocycles. The fourth-order valence-corrected chi connectivity index (χ4v) is 4.78. The van der Waals surface area contributed by atoms with E-state index in [0.29, 0.717) is 5.82 Å². The average Bonchev–Trinajstić information content (AvgIpc) is 3.06. The summed E-state index contributed by atoms with van der Waals surface area (Å²) in [6.07, 6.45) is 0.0399. The number of ether oxygens (including phenoxy) is 1. The highest BCUT2D eigenvalue weighted by molar-refractivity contribution is 7.18. The van der Waals surface area contributed by atoms with Crippen LogP contribution < -0.4 is 9.80 Å². The van der Waals surface area contributed by atoms with Gasteiger partial charge in [-0.15, -0.1) is 11.3 Å². The van der Waals surface area contributed by atoms with Gasteiger partial charge >= 0.3 is 5.97 Å². The van der Waals surface area contributed by atoms with Crippen LogP contribution in [0.1, 0.15) is 16.3 Å². The van der Waals surface area contributed by atoms with Crippen LogP contribution in [0.15, 0.2) is 24.3 Å². The molecule has 10 heteroatoms. The maximum absolute atomic E-state index is 11.8. The molecule has 1 aliphatic heterocycles. The van der Waals surface area contributed by atoms with Crippen molar-refractivity contribution >= 4 is 44.7 Å². The number of nitro benzene ring substituents is 1. The SMILES string of the molecule is COC(=O)Cc1nc(N2CCN(c3ccc([N+](=O)[O-])cc3)CC2)c2c(C)c(C)sc2n1. The van der Waals surface area contributed by atoms with E-state index in [1.54, 1.807) is 23.5 Å². The summed E-state index contributed by atoms with van der Waals surface area (Å²) in [5.74, 6) is 0.959. The van der Waals surface area contributed by atoms with E-state index in [1.807, 2.05) is 0 Å². The summed E-state index contributed by atoms with van der Waals surface area (Å²) in [4.78, 5) is 38.1. The van der Waals surface area contributed by atoms with E-state index in [0.717, 1.165) is 53.5 Å². The van der Waals surface area contributed by atoms with Crippen molar-refractivity contribution in [2.24, 2.45) is 0 Å². The number of thiophene rings is 1. The monoisotopic (exact) mass is 441 g/mol. The molecule has 162 valence electrons. The van der Waals surface area contributed by atoms with Gasteiger partial charge in [-0.25, -0.2) is 9.97 Å². The van der Waals surface area contributed by atoms with Gasteiger partial charge in [0.1, 0.15) is 22.9 Å². The maximum Gasteiger partial charge on any atom is 0.313 e. The van der Waals surface area contributed by atoms with Gasteiger partial charge in [-0.3, -0.25) is 14.9 Å². The lowest BCUT2D eigenvalue weighted by atomic mass is 10.1. The summed E-state index contributed by atoms with van der Waals surface area (Å²) in [5.41, 5.74) is 2.22. The van der Waals surface area contributed by atoms with Crippen LogP contribution in [0.25, 0.3) is 10.2 Å². The van der Waals surface area contributed by atoms with Gasteiger partial charge in [0, 0.05) is 48.9 Å². The van der Waals surface area contributed by atoms with Gasteiger partial charge in [-0.2, -0.15) is 0 Å². The third kappa shape index (κ3) is 4.15. The Hall–Kier alpha value is -3.27. The van der Waals surface area contributed by atoms with Gasteiger partial charge in [-0.1, -0.05) is 0 Å². The highest BCUT2D eigenvalue weighted by Crippen LogP contribution is 2.35. The van der Waals surface area contributed by atoms with E-state index in [4.69, 9.17) is 9.72 Å². The van der Waals surface area contributed by atoms with E-state index in [-0.39, 0.29) is 23.0 Å². The van der Waals surface area contributed by atoms with Crippen LogP contribution in [-0.2, 0) is 16.0 Å². The second kappa shape index (κ2) is 8.46. The molecule has 0 radical (unpaired) electrons. The van der Waals surface area contributed by atoms with Gasteiger partial charge in [0.25, 0.3) is 5.69 Å². The minimum atomic E-state index is -0.390. The van der Waals surface area contributed by atoms with E-state index in [2.05, 4.69) is 28.6 Å². The van der Waals surface area contributed by atoms with Crippen molar-refractivity contribution in [2.75, 3.05) is 43.1 Å². The minimum absolute atomic E-state index is 0.0399. The first-order valence-corrected chi connectivity index (χ1v) is 10.8. The number of hydrogen-bond acceptors (Lipinski definition) is 9. The number of esters is 1. The van der Waals surface area contributed by atoms with Gasteiger partial charge < -0.3 is 14.5 Å². The van der Waals surface area contributed by atoms with E-state index < -0.39 is 0 Å². The van der Waals surface area contributed by atoms with Crippen molar-refractivity contribution in [2.45, 2.75) is 20.3 Å². The molecule has 0 aliphatic carbocycles. The van der Waals surface area contributed by atoms with Crippen molar-refractivity contribution in [1.82, 2.24) is 9.97 Å². The predicted molar refractivity (Wildman–Crippen MR) is 120 cm³/mol. The number of hydrogen-bond donors (Lipinski definition) is 0. The van der Waals surface area contributed by atoms with E-state index >= 15 is 0 Å². The van der Waals surface area contributed by atoms with Gasteiger partial charge in [0.2, 0.25) is 0 Å². The minimum Gasteiger partial charge on any atom is -0.469 e. The number of carbonyl (C=O) groups is 1. The zero-order valence-corrected chi connectivity index (χ0v) is 18.4. The molecule has 0 saturated carbocycles. The molecule has 1 aromatic carbocycles. The number of nitrogens with zero attached hydrogens (tertiary/aromatic N) is 5. The lowest BCUT2D eigenvalue weighted by Crippen LogP contribution is -2.47. The number of rotatable bonds is 5.